The van der Waals surface area contributed by atoms with Crippen LogP contribution >= 0.6 is 0 Å². The molecule has 1 unspecified atom stereocenters. The fourth-order valence-corrected chi connectivity index (χ4v) is 3.06. The van der Waals surface area contributed by atoms with Crippen molar-refractivity contribution in [1.82, 2.24) is 5.32 Å². The van der Waals surface area contributed by atoms with Crippen LogP contribution in [0.4, 0.5) is 4.39 Å². The summed E-state index contributed by atoms with van der Waals surface area (Å²) in [4.78, 5) is 21.8. The van der Waals surface area contributed by atoms with Gasteiger partial charge in [0.1, 0.15) is 16.0 Å². The number of aromatic carboxylic acids is 1. The normalized spacial score (nSPS) is 16.3. The second-order valence-corrected chi connectivity index (χ2v) is 7.16. The van der Waals surface area contributed by atoms with E-state index in [1.165, 1.54) is 6.92 Å². The van der Waals surface area contributed by atoms with Gasteiger partial charge in [0, 0.05) is 6.04 Å². The van der Waals surface area contributed by atoms with Crippen LogP contribution in [0.2, 0.25) is 0 Å². The first kappa shape index (κ1) is 15.4. The summed E-state index contributed by atoms with van der Waals surface area (Å²) in [6.45, 7) is 1.18. The number of halogens is 1. The molecule has 2 rings (SSSR count). The predicted molar refractivity (Wildman–Crippen MR) is 71.2 cm³/mol. The number of sulfone groups is 1. The summed E-state index contributed by atoms with van der Waals surface area (Å²) in [5, 5.41) is 9.83. The third kappa shape index (κ3) is 3.21. The molecule has 21 heavy (non-hydrogen) atoms. The number of benzene rings is 1. The smallest absolute Gasteiger partial charge is 0.335 e. The lowest BCUT2D eigenvalue weighted by molar-refractivity contribution is -0.120. The molecule has 2 N–H and O–H groups in total. The van der Waals surface area contributed by atoms with Crippen LogP contribution in [0.25, 0.3) is 0 Å². The van der Waals surface area contributed by atoms with Crippen molar-refractivity contribution in [2.45, 2.75) is 36.0 Å². The van der Waals surface area contributed by atoms with Gasteiger partial charge in [0.15, 0.2) is 9.84 Å². The Bertz CT molecular complexity index is 697. The van der Waals surface area contributed by atoms with Gasteiger partial charge in [-0.2, -0.15) is 0 Å². The Morgan fingerprint density at radius 1 is 1.38 bits per heavy atom. The van der Waals surface area contributed by atoms with E-state index in [-0.39, 0.29) is 11.6 Å². The van der Waals surface area contributed by atoms with Gasteiger partial charge < -0.3 is 10.4 Å². The second kappa shape index (κ2) is 5.44. The SMILES string of the molecule is CC(C(=O)NC1CC1)S(=O)(=O)c1ccc(C(=O)O)cc1F. The number of carboxylic acid groups (broad SMARTS) is 1. The molecular weight excluding hydrogens is 301 g/mol. The minimum absolute atomic E-state index is 0.00520. The predicted octanol–water partition coefficient (Wildman–Crippen LogP) is 0.965. The van der Waals surface area contributed by atoms with Gasteiger partial charge in [0.05, 0.1) is 5.56 Å². The number of carboxylic acids is 1. The Morgan fingerprint density at radius 3 is 2.48 bits per heavy atom. The second-order valence-electron chi connectivity index (χ2n) is 4.92. The van der Waals surface area contributed by atoms with Gasteiger partial charge in [0.2, 0.25) is 5.91 Å². The first-order valence-corrected chi connectivity index (χ1v) is 7.85. The van der Waals surface area contributed by atoms with Gasteiger partial charge >= 0.3 is 5.97 Å². The summed E-state index contributed by atoms with van der Waals surface area (Å²) in [7, 11) is -4.21. The van der Waals surface area contributed by atoms with E-state index >= 15 is 0 Å². The third-order valence-electron chi connectivity index (χ3n) is 3.24. The summed E-state index contributed by atoms with van der Waals surface area (Å²) in [5.74, 6) is -3.22. The monoisotopic (exact) mass is 315 g/mol. The maximum atomic E-state index is 13.8. The van der Waals surface area contributed by atoms with Crippen molar-refractivity contribution in [3.63, 3.8) is 0 Å². The van der Waals surface area contributed by atoms with E-state index in [2.05, 4.69) is 5.32 Å². The van der Waals surface area contributed by atoms with Crippen LogP contribution in [-0.4, -0.2) is 36.7 Å². The van der Waals surface area contributed by atoms with Crippen LogP contribution in [0.1, 0.15) is 30.1 Å². The summed E-state index contributed by atoms with van der Waals surface area (Å²) < 4.78 is 38.3. The maximum Gasteiger partial charge on any atom is 0.335 e. The van der Waals surface area contributed by atoms with E-state index in [0.717, 1.165) is 25.0 Å². The molecule has 0 bridgehead atoms. The van der Waals surface area contributed by atoms with Crippen molar-refractivity contribution in [3.8, 4) is 0 Å². The van der Waals surface area contributed by atoms with E-state index in [1.807, 2.05) is 0 Å². The van der Waals surface area contributed by atoms with Gasteiger partial charge in [-0.1, -0.05) is 0 Å². The van der Waals surface area contributed by atoms with Gasteiger partial charge in [-0.3, -0.25) is 4.79 Å². The first-order valence-electron chi connectivity index (χ1n) is 6.30. The highest BCUT2D eigenvalue weighted by Crippen LogP contribution is 2.23. The summed E-state index contributed by atoms with van der Waals surface area (Å²) >= 11 is 0. The average Bonchev–Trinajstić information content (AvgIpc) is 3.21. The molecule has 0 heterocycles. The maximum absolute atomic E-state index is 13.8. The molecule has 6 nitrogen and oxygen atoms in total. The highest BCUT2D eigenvalue weighted by atomic mass is 32.2. The highest BCUT2D eigenvalue weighted by Gasteiger charge is 2.35. The molecule has 0 aliphatic heterocycles. The molecule has 0 aromatic heterocycles. The quantitative estimate of drug-likeness (QED) is 0.843. The molecule has 1 aromatic carbocycles. The average molecular weight is 315 g/mol. The Kier molecular flexibility index (Phi) is 3.99. The van der Waals surface area contributed by atoms with E-state index < -0.39 is 37.7 Å². The number of hydrogen-bond acceptors (Lipinski definition) is 4. The number of nitrogens with one attached hydrogen (secondary N) is 1. The molecule has 1 aliphatic carbocycles. The first-order chi connectivity index (χ1) is 9.73. The Balaban J connectivity index is 2.29. The molecule has 1 aromatic rings. The van der Waals surface area contributed by atoms with Crippen molar-refractivity contribution < 1.29 is 27.5 Å². The van der Waals surface area contributed by atoms with Crippen molar-refractivity contribution in [2.24, 2.45) is 0 Å². The fraction of sp³-hybridized carbons (Fsp3) is 0.385. The van der Waals surface area contributed by atoms with Crippen molar-refractivity contribution in [1.29, 1.82) is 0 Å². The summed E-state index contributed by atoms with van der Waals surface area (Å²) in [6.07, 6.45) is 1.61. The molecule has 1 atom stereocenters. The molecule has 114 valence electrons. The number of amides is 1. The molecular formula is C13H14FNO5S. The lowest BCUT2D eigenvalue weighted by Gasteiger charge is -2.13. The van der Waals surface area contributed by atoms with Crippen molar-refractivity contribution in [2.75, 3.05) is 0 Å². The molecule has 1 aliphatic rings. The van der Waals surface area contributed by atoms with Crippen LogP contribution in [0.15, 0.2) is 23.1 Å². The van der Waals surface area contributed by atoms with Gasteiger partial charge in [0.25, 0.3) is 0 Å². The molecule has 0 radical (unpaired) electrons. The zero-order valence-corrected chi connectivity index (χ0v) is 12.0. The van der Waals surface area contributed by atoms with Crippen LogP contribution in [0, 0.1) is 5.82 Å². The minimum atomic E-state index is -4.21. The Hall–Kier alpha value is -1.96. The topological polar surface area (TPSA) is 101 Å². The van der Waals surface area contributed by atoms with Crippen LogP contribution < -0.4 is 5.32 Å². The zero-order chi connectivity index (χ0) is 15.8. The van der Waals surface area contributed by atoms with Crippen LogP contribution in [0.5, 0.6) is 0 Å². The van der Waals surface area contributed by atoms with Crippen molar-refractivity contribution >= 4 is 21.7 Å². The number of carbonyl (C=O) groups excluding carboxylic acids is 1. The number of rotatable bonds is 5. The van der Waals surface area contributed by atoms with E-state index in [1.54, 1.807) is 0 Å². The summed E-state index contributed by atoms with van der Waals surface area (Å²) in [5.41, 5.74) is -0.360. The van der Waals surface area contributed by atoms with Crippen molar-refractivity contribution in [3.05, 3.63) is 29.6 Å². The molecule has 1 fully saturated rings. The zero-order valence-electron chi connectivity index (χ0n) is 11.2. The van der Waals surface area contributed by atoms with E-state index in [0.29, 0.717) is 6.07 Å². The van der Waals surface area contributed by atoms with Gasteiger partial charge in [-0.15, -0.1) is 0 Å². The molecule has 0 spiro atoms. The molecule has 1 amide bonds. The summed E-state index contributed by atoms with van der Waals surface area (Å²) in [6, 6.07) is 2.48. The largest absolute Gasteiger partial charge is 0.478 e. The Labute approximate surface area is 120 Å². The van der Waals surface area contributed by atoms with Crippen LogP contribution in [0.3, 0.4) is 0 Å². The van der Waals surface area contributed by atoms with Gasteiger partial charge in [-0.05, 0) is 38.0 Å². The van der Waals surface area contributed by atoms with E-state index in [9.17, 15) is 22.4 Å². The minimum Gasteiger partial charge on any atom is -0.478 e. The van der Waals surface area contributed by atoms with Crippen LogP contribution in [-0.2, 0) is 14.6 Å². The third-order valence-corrected chi connectivity index (χ3v) is 5.33. The molecule has 1 saturated carbocycles. The lowest BCUT2D eigenvalue weighted by atomic mass is 10.2. The highest BCUT2D eigenvalue weighted by molar-refractivity contribution is 7.92. The van der Waals surface area contributed by atoms with Gasteiger partial charge in [-0.25, -0.2) is 17.6 Å². The number of hydrogen-bond donors (Lipinski definition) is 2. The number of carbonyl (C=O) groups is 2. The Morgan fingerprint density at radius 2 is 2.00 bits per heavy atom. The standard InChI is InChI=1S/C13H14FNO5S/c1-7(12(16)15-9-3-4-9)21(19,20)11-5-2-8(13(17)18)6-10(11)14/h2,5-7,9H,3-4H2,1H3,(H,15,16)(H,17,18). The molecule has 0 saturated heterocycles. The fourth-order valence-electron chi connectivity index (χ4n) is 1.74. The molecule has 8 heteroatoms. The van der Waals surface area contributed by atoms with E-state index in [4.69, 9.17) is 5.11 Å². The lowest BCUT2D eigenvalue weighted by Crippen LogP contribution is -2.39.